The molecule has 18 heavy (non-hydrogen) atoms. The van der Waals surface area contributed by atoms with E-state index in [1.165, 1.54) is 5.56 Å². The SMILES string of the molecule is CC(N)Cc1cc(OCC2CCOC2)ccc1Br. The summed E-state index contributed by atoms with van der Waals surface area (Å²) < 4.78 is 12.3. The smallest absolute Gasteiger partial charge is 0.119 e. The number of nitrogens with two attached hydrogens (primary N) is 1. The van der Waals surface area contributed by atoms with Gasteiger partial charge >= 0.3 is 0 Å². The molecular weight excluding hydrogens is 294 g/mol. The average molecular weight is 314 g/mol. The van der Waals surface area contributed by atoms with E-state index in [9.17, 15) is 0 Å². The maximum Gasteiger partial charge on any atom is 0.119 e. The summed E-state index contributed by atoms with van der Waals surface area (Å²) in [5.74, 6) is 1.45. The normalized spacial score (nSPS) is 20.9. The molecule has 100 valence electrons. The summed E-state index contributed by atoms with van der Waals surface area (Å²) >= 11 is 3.55. The van der Waals surface area contributed by atoms with E-state index in [4.69, 9.17) is 15.2 Å². The van der Waals surface area contributed by atoms with Gasteiger partial charge in [-0.1, -0.05) is 15.9 Å². The lowest BCUT2D eigenvalue weighted by atomic mass is 10.1. The number of ether oxygens (including phenoxy) is 2. The topological polar surface area (TPSA) is 44.5 Å². The molecule has 0 bridgehead atoms. The summed E-state index contributed by atoms with van der Waals surface area (Å²) in [6.45, 7) is 4.43. The first-order valence-corrected chi connectivity index (χ1v) is 7.19. The Morgan fingerprint density at radius 1 is 1.56 bits per heavy atom. The van der Waals surface area contributed by atoms with E-state index in [1.807, 2.05) is 19.1 Å². The van der Waals surface area contributed by atoms with Gasteiger partial charge in [0.1, 0.15) is 5.75 Å². The van der Waals surface area contributed by atoms with E-state index < -0.39 is 0 Å². The molecule has 2 unspecified atom stereocenters. The van der Waals surface area contributed by atoms with Crippen molar-refractivity contribution >= 4 is 15.9 Å². The summed E-state index contributed by atoms with van der Waals surface area (Å²) in [5, 5.41) is 0. The zero-order valence-corrected chi connectivity index (χ0v) is 12.3. The monoisotopic (exact) mass is 313 g/mol. The number of rotatable bonds is 5. The molecule has 1 heterocycles. The predicted octanol–water partition coefficient (Wildman–Crippen LogP) is 2.75. The maximum absolute atomic E-state index is 5.84. The molecular formula is C14H20BrNO2. The lowest BCUT2D eigenvalue weighted by Crippen LogP contribution is -2.18. The number of benzene rings is 1. The highest BCUT2D eigenvalue weighted by atomic mass is 79.9. The molecule has 3 nitrogen and oxygen atoms in total. The standard InChI is InChI=1S/C14H20BrNO2/c1-10(16)6-12-7-13(2-3-14(12)15)18-9-11-4-5-17-8-11/h2-3,7,10-11H,4-6,8-9,16H2,1H3. The van der Waals surface area contributed by atoms with Gasteiger partial charge in [0.15, 0.2) is 0 Å². The molecule has 2 atom stereocenters. The van der Waals surface area contributed by atoms with Crippen LogP contribution in [0.1, 0.15) is 18.9 Å². The van der Waals surface area contributed by atoms with Crippen molar-refractivity contribution in [2.45, 2.75) is 25.8 Å². The van der Waals surface area contributed by atoms with Gasteiger partial charge < -0.3 is 15.2 Å². The van der Waals surface area contributed by atoms with Crippen molar-refractivity contribution in [1.29, 1.82) is 0 Å². The van der Waals surface area contributed by atoms with Crippen LogP contribution < -0.4 is 10.5 Å². The van der Waals surface area contributed by atoms with Crippen LogP contribution in [0, 0.1) is 5.92 Å². The molecule has 1 saturated heterocycles. The molecule has 2 N–H and O–H groups in total. The maximum atomic E-state index is 5.84. The Labute approximate surface area is 117 Å². The molecule has 2 rings (SSSR count). The van der Waals surface area contributed by atoms with Gasteiger partial charge in [0, 0.05) is 23.0 Å². The highest BCUT2D eigenvalue weighted by Crippen LogP contribution is 2.24. The Bertz CT molecular complexity index is 389. The predicted molar refractivity (Wildman–Crippen MR) is 75.9 cm³/mol. The van der Waals surface area contributed by atoms with E-state index >= 15 is 0 Å². The van der Waals surface area contributed by atoms with Crippen LogP contribution in [0.5, 0.6) is 5.75 Å². The first-order valence-electron chi connectivity index (χ1n) is 6.39. The van der Waals surface area contributed by atoms with E-state index in [1.54, 1.807) is 0 Å². The lowest BCUT2D eigenvalue weighted by molar-refractivity contribution is 0.167. The second-order valence-corrected chi connectivity index (χ2v) is 5.83. The zero-order chi connectivity index (χ0) is 13.0. The molecule has 1 fully saturated rings. The Balaban J connectivity index is 1.95. The average Bonchev–Trinajstić information content (AvgIpc) is 2.82. The molecule has 0 radical (unpaired) electrons. The van der Waals surface area contributed by atoms with Crippen LogP contribution >= 0.6 is 15.9 Å². The highest BCUT2D eigenvalue weighted by molar-refractivity contribution is 9.10. The van der Waals surface area contributed by atoms with Gasteiger partial charge in [0.2, 0.25) is 0 Å². The molecule has 1 aliphatic rings. The van der Waals surface area contributed by atoms with Crippen LogP contribution in [-0.4, -0.2) is 25.9 Å². The molecule has 1 aliphatic heterocycles. The van der Waals surface area contributed by atoms with Gasteiger partial charge in [-0.3, -0.25) is 0 Å². The molecule has 0 aliphatic carbocycles. The van der Waals surface area contributed by atoms with Crippen LogP contribution in [0.3, 0.4) is 0 Å². The van der Waals surface area contributed by atoms with Crippen molar-refractivity contribution < 1.29 is 9.47 Å². The minimum Gasteiger partial charge on any atom is -0.493 e. The van der Waals surface area contributed by atoms with Gasteiger partial charge in [-0.25, -0.2) is 0 Å². The Morgan fingerprint density at radius 3 is 3.06 bits per heavy atom. The second kappa shape index (κ2) is 6.55. The second-order valence-electron chi connectivity index (χ2n) is 4.98. The van der Waals surface area contributed by atoms with Crippen LogP contribution in [-0.2, 0) is 11.2 Å². The van der Waals surface area contributed by atoms with Crippen molar-refractivity contribution in [3.05, 3.63) is 28.2 Å². The molecule has 0 saturated carbocycles. The minimum atomic E-state index is 0.153. The van der Waals surface area contributed by atoms with E-state index in [0.717, 1.165) is 42.9 Å². The van der Waals surface area contributed by atoms with Crippen LogP contribution in [0.15, 0.2) is 22.7 Å². The fourth-order valence-electron chi connectivity index (χ4n) is 2.07. The molecule has 0 spiro atoms. The Morgan fingerprint density at radius 2 is 2.39 bits per heavy atom. The third kappa shape index (κ3) is 3.97. The van der Waals surface area contributed by atoms with E-state index in [-0.39, 0.29) is 6.04 Å². The summed E-state index contributed by atoms with van der Waals surface area (Å²) in [7, 11) is 0. The summed E-state index contributed by atoms with van der Waals surface area (Å²) in [4.78, 5) is 0. The van der Waals surface area contributed by atoms with E-state index in [0.29, 0.717) is 5.92 Å². The third-order valence-electron chi connectivity index (χ3n) is 3.07. The van der Waals surface area contributed by atoms with Crippen LogP contribution in [0.25, 0.3) is 0 Å². The van der Waals surface area contributed by atoms with Crippen molar-refractivity contribution in [1.82, 2.24) is 0 Å². The Hall–Kier alpha value is -0.580. The lowest BCUT2D eigenvalue weighted by Gasteiger charge is -2.13. The Kier molecular flexibility index (Phi) is 5.03. The zero-order valence-electron chi connectivity index (χ0n) is 10.7. The molecule has 4 heteroatoms. The number of hydrogen-bond donors (Lipinski definition) is 1. The first-order chi connectivity index (χ1) is 8.65. The first kappa shape index (κ1) is 13.8. The minimum absolute atomic E-state index is 0.153. The highest BCUT2D eigenvalue weighted by Gasteiger charge is 2.16. The summed E-state index contributed by atoms with van der Waals surface area (Å²) in [6, 6.07) is 6.24. The van der Waals surface area contributed by atoms with Gasteiger partial charge in [-0.05, 0) is 43.5 Å². The summed E-state index contributed by atoms with van der Waals surface area (Å²) in [5.41, 5.74) is 7.04. The van der Waals surface area contributed by atoms with Crippen molar-refractivity contribution in [2.24, 2.45) is 11.7 Å². The quantitative estimate of drug-likeness (QED) is 0.909. The molecule has 1 aromatic rings. The molecule has 0 aromatic heterocycles. The van der Waals surface area contributed by atoms with Crippen molar-refractivity contribution in [3.63, 3.8) is 0 Å². The fourth-order valence-corrected chi connectivity index (χ4v) is 2.48. The van der Waals surface area contributed by atoms with Gasteiger partial charge in [0.25, 0.3) is 0 Å². The molecule has 1 aromatic carbocycles. The van der Waals surface area contributed by atoms with Gasteiger partial charge in [-0.15, -0.1) is 0 Å². The molecule has 0 amide bonds. The largest absolute Gasteiger partial charge is 0.493 e. The number of hydrogen-bond acceptors (Lipinski definition) is 3. The van der Waals surface area contributed by atoms with E-state index in [2.05, 4.69) is 22.0 Å². The third-order valence-corrected chi connectivity index (χ3v) is 3.84. The van der Waals surface area contributed by atoms with Crippen molar-refractivity contribution in [2.75, 3.05) is 19.8 Å². The fraction of sp³-hybridized carbons (Fsp3) is 0.571. The summed E-state index contributed by atoms with van der Waals surface area (Å²) in [6.07, 6.45) is 1.95. The van der Waals surface area contributed by atoms with Crippen LogP contribution in [0.4, 0.5) is 0 Å². The van der Waals surface area contributed by atoms with Crippen LogP contribution in [0.2, 0.25) is 0 Å². The number of halogens is 1. The van der Waals surface area contributed by atoms with Crippen molar-refractivity contribution in [3.8, 4) is 5.75 Å². The van der Waals surface area contributed by atoms with Gasteiger partial charge in [0.05, 0.1) is 13.2 Å². The van der Waals surface area contributed by atoms with Gasteiger partial charge in [-0.2, -0.15) is 0 Å².